The van der Waals surface area contributed by atoms with E-state index in [9.17, 15) is 0 Å². The molecule has 1 aliphatic heterocycles. The topological polar surface area (TPSA) is 15.3 Å². The van der Waals surface area contributed by atoms with Gasteiger partial charge in [0.25, 0.3) is 0 Å². The van der Waals surface area contributed by atoms with E-state index in [1.807, 2.05) is 0 Å². The van der Waals surface area contributed by atoms with E-state index in [-0.39, 0.29) is 0 Å². The molecule has 1 atom stereocenters. The molecule has 2 heteroatoms. The largest absolute Gasteiger partial charge is 0.313 e. The van der Waals surface area contributed by atoms with E-state index in [1.165, 1.54) is 25.9 Å². The molecule has 1 rings (SSSR count). The lowest BCUT2D eigenvalue weighted by Gasteiger charge is -2.24. The molecule has 12 heavy (non-hydrogen) atoms. The van der Waals surface area contributed by atoms with E-state index in [0.29, 0.717) is 6.04 Å². The lowest BCUT2D eigenvalue weighted by molar-refractivity contribution is 0.248. The lowest BCUT2D eigenvalue weighted by Crippen LogP contribution is -2.40. The highest BCUT2D eigenvalue weighted by molar-refractivity contribution is 4.74. The maximum absolute atomic E-state index is 3.48. The van der Waals surface area contributed by atoms with Crippen LogP contribution in [0.4, 0.5) is 0 Å². The van der Waals surface area contributed by atoms with Gasteiger partial charge in [-0.2, -0.15) is 0 Å². The van der Waals surface area contributed by atoms with E-state index in [4.69, 9.17) is 0 Å². The quantitative estimate of drug-likeness (QED) is 0.687. The number of hydrogen-bond acceptors (Lipinski definition) is 2. The fraction of sp³-hybridized carbons (Fsp3) is 1.00. The predicted octanol–water partition coefficient (Wildman–Crippen LogP) is 1.47. The zero-order valence-corrected chi connectivity index (χ0v) is 8.64. The minimum absolute atomic E-state index is 0.620. The van der Waals surface area contributed by atoms with Crippen molar-refractivity contribution < 1.29 is 0 Å². The molecule has 1 fully saturated rings. The molecular formula is C10H22N2. The van der Waals surface area contributed by atoms with Gasteiger partial charge in [-0.05, 0) is 32.9 Å². The molecule has 1 saturated heterocycles. The second-order valence-electron chi connectivity index (χ2n) is 4.16. The smallest absolute Gasteiger partial charge is 0.0192 e. The first-order chi connectivity index (χ1) is 5.70. The van der Waals surface area contributed by atoms with Gasteiger partial charge >= 0.3 is 0 Å². The van der Waals surface area contributed by atoms with Gasteiger partial charge in [0.05, 0.1) is 0 Å². The van der Waals surface area contributed by atoms with Gasteiger partial charge in [-0.1, -0.05) is 13.8 Å². The average Bonchev–Trinajstić information content (AvgIpc) is 2.51. The number of hydrogen-bond donors (Lipinski definition) is 1. The highest BCUT2D eigenvalue weighted by Crippen LogP contribution is 2.10. The molecule has 0 aliphatic carbocycles. The van der Waals surface area contributed by atoms with Crippen molar-refractivity contribution in [2.24, 2.45) is 0 Å². The van der Waals surface area contributed by atoms with Crippen LogP contribution in [0.5, 0.6) is 0 Å². The van der Waals surface area contributed by atoms with E-state index < -0.39 is 0 Å². The van der Waals surface area contributed by atoms with Gasteiger partial charge in [0, 0.05) is 18.6 Å². The van der Waals surface area contributed by atoms with Crippen molar-refractivity contribution >= 4 is 0 Å². The zero-order valence-electron chi connectivity index (χ0n) is 8.64. The van der Waals surface area contributed by atoms with Crippen LogP contribution in [0, 0.1) is 0 Å². The highest BCUT2D eigenvalue weighted by Gasteiger charge is 2.17. The Bertz CT molecular complexity index is 117. The molecule has 1 heterocycles. The summed E-state index contributed by atoms with van der Waals surface area (Å²) in [6.45, 7) is 10.5. The summed E-state index contributed by atoms with van der Waals surface area (Å²) in [5, 5.41) is 3.48. The fourth-order valence-corrected chi connectivity index (χ4v) is 1.72. The van der Waals surface area contributed by atoms with Gasteiger partial charge < -0.3 is 5.32 Å². The molecule has 0 spiro atoms. The van der Waals surface area contributed by atoms with Crippen LogP contribution in [-0.2, 0) is 0 Å². The third kappa shape index (κ3) is 3.11. The van der Waals surface area contributed by atoms with Crippen molar-refractivity contribution in [2.75, 3.05) is 19.6 Å². The molecule has 0 aromatic carbocycles. The first-order valence-electron chi connectivity index (χ1n) is 5.17. The Morgan fingerprint density at radius 3 is 2.25 bits per heavy atom. The van der Waals surface area contributed by atoms with Crippen LogP contribution in [0.2, 0.25) is 0 Å². The van der Waals surface area contributed by atoms with Crippen LogP contribution in [0.1, 0.15) is 33.6 Å². The minimum Gasteiger partial charge on any atom is -0.313 e. The van der Waals surface area contributed by atoms with Crippen LogP contribution in [-0.4, -0.2) is 36.6 Å². The molecule has 2 nitrogen and oxygen atoms in total. The normalized spacial score (nSPS) is 22.0. The van der Waals surface area contributed by atoms with Crippen molar-refractivity contribution in [1.29, 1.82) is 0 Å². The Morgan fingerprint density at radius 2 is 1.75 bits per heavy atom. The van der Waals surface area contributed by atoms with Crippen LogP contribution >= 0.6 is 0 Å². The van der Waals surface area contributed by atoms with Gasteiger partial charge in [-0.3, -0.25) is 4.90 Å². The minimum atomic E-state index is 0.620. The molecule has 0 aromatic rings. The fourth-order valence-electron chi connectivity index (χ4n) is 1.72. The molecule has 1 aliphatic rings. The summed E-state index contributed by atoms with van der Waals surface area (Å²) >= 11 is 0. The molecule has 0 radical (unpaired) electrons. The summed E-state index contributed by atoms with van der Waals surface area (Å²) in [5.41, 5.74) is 0. The molecular weight excluding hydrogens is 148 g/mol. The molecule has 0 saturated carbocycles. The predicted molar refractivity (Wildman–Crippen MR) is 53.4 cm³/mol. The lowest BCUT2D eigenvalue weighted by atomic mass is 10.2. The Kier molecular flexibility index (Phi) is 4.02. The van der Waals surface area contributed by atoms with Crippen molar-refractivity contribution in [3.8, 4) is 0 Å². The van der Waals surface area contributed by atoms with Crippen molar-refractivity contribution in [3.05, 3.63) is 0 Å². The summed E-state index contributed by atoms with van der Waals surface area (Å²) in [4.78, 5) is 2.58. The molecule has 1 N–H and O–H groups in total. The molecule has 0 amide bonds. The Balaban J connectivity index is 2.13. The summed E-state index contributed by atoms with van der Waals surface area (Å²) in [6, 6.07) is 1.34. The Hall–Kier alpha value is -0.0800. The summed E-state index contributed by atoms with van der Waals surface area (Å²) in [6.07, 6.45) is 2.79. The third-order valence-corrected chi connectivity index (χ3v) is 2.59. The second kappa shape index (κ2) is 4.83. The van der Waals surface area contributed by atoms with Crippen LogP contribution < -0.4 is 5.32 Å². The Labute approximate surface area is 76.3 Å². The first-order valence-corrected chi connectivity index (χ1v) is 5.17. The van der Waals surface area contributed by atoms with Crippen LogP contribution in [0.25, 0.3) is 0 Å². The number of rotatable bonds is 4. The monoisotopic (exact) mass is 170 g/mol. The summed E-state index contributed by atoms with van der Waals surface area (Å²) in [7, 11) is 0. The van der Waals surface area contributed by atoms with Gasteiger partial charge in [0.1, 0.15) is 0 Å². The van der Waals surface area contributed by atoms with Crippen molar-refractivity contribution in [3.63, 3.8) is 0 Å². The second-order valence-corrected chi connectivity index (χ2v) is 4.16. The van der Waals surface area contributed by atoms with E-state index >= 15 is 0 Å². The average molecular weight is 170 g/mol. The highest BCUT2D eigenvalue weighted by atomic mass is 15.2. The van der Waals surface area contributed by atoms with Gasteiger partial charge in [0.2, 0.25) is 0 Å². The zero-order chi connectivity index (χ0) is 8.97. The maximum Gasteiger partial charge on any atom is 0.0192 e. The number of likely N-dealkylation sites (tertiary alicyclic amines) is 1. The van der Waals surface area contributed by atoms with Crippen LogP contribution in [0.3, 0.4) is 0 Å². The maximum atomic E-state index is 3.48. The van der Waals surface area contributed by atoms with Gasteiger partial charge in [0.15, 0.2) is 0 Å². The number of nitrogens with one attached hydrogen (secondary N) is 1. The van der Waals surface area contributed by atoms with Crippen molar-refractivity contribution in [1.82, 2.24) is 10.2 Å². The van der Waals surface area contributed by atoms with Crippen LogP contribution in [0.15, 0.2) is 0 Å². The van der Waals surface area contributed by atoms with E-state index in [0.717, 1.165) is 12.6 Å². The molecule has 1 unspecified atom stereocenters. The molecule has 0 aromatic heterocycles. The van der Waals surface area contributed by atoms with Gasteiger partial charge in [-0.15, -0.1) is 0 Å². The van der Waals surface area contributed by atoms with E-state index in [2.05, 4.69) is 31.0 Å². The summed E-state index contributed by atoms with van der Waals surface area (Å²) < 4.78 is 0. The van der Waals surface area contributed by atoms with Gasteiger partial charge in [-0.25, -0.2) is 0 Å². The van der Waals surface area contributed by atoms with Crippen molar-refractivity contribution in [2.45, 2.75) is 45.7 Å². The molecule has 72 valence electrons. The SMILES string of the molecule is CC(C)NCC(C)N1CCCC1. The standard InChI is InChI=1S/C10H22N2/c1-9(2)11-8-10(3)12-6-4-5-7-12/h9-11H,4-8H2,1-3H3. The first kappa shape index (κ1) is 10.0. The number of nitrogens with zero attached hydrogens (tertiary/aromatic N) is 1. The molecule has 0 bridgehead atoms. The van der Waals surface area contributed by atoms with E-state index in [1.54, 1.807) is 0 Å². The Morgan fingerprint density at radius 1 is 1.17 bits per heavy atom. The third-order valence-electron chi connectivity index (χ3n) is 2.59. The summed E-state index contributed by atoms with van der Waals surface area (Å²) in [5.74, 6) is 0.